The fourth-order valence-electron chi connectivity index (χ4n) is 2.72. The summed E-state index contributed by atoms with van der Waals surface area (Å²) in [5.74, 6) is -1.19. The number of carbonyl (C=O) groups excluding carboxylic acids is 2. The summed E-state index contributed by atoms with van der Waals surface area (Å²) in [7, 11) is 2.86. The lowest BCUT2D eigenvalue weighted by Crippen LogP contribution is -2.46. The Hall–Kier alpha value is -2.61. The molecule has 8 nitrogen and oxygen atoms in total. The molecule has 1 heterocycles. The van der Waals surface area contributed by atoms with Crippen LogP contribution >= 0.6 is 0 Å². The summed E-state index contributed by atoms with van der Waals surface area (Å²) in [5.41, 5.74) is 0.205. The monoisotopic (exact) mass is 408 g/mol. The molecule has 1 aliphatic rings. The first-order valence-electron chi connectivity index (χ1n) is 9.59. The van der Waals surface area contributed by atoms with Crippen molar-refractivity contribution in [1.82, 2.24) is 10.2 Å². The standard InChI is InChI=1S/C15H21NO4.C6H11NO2/c1-15(2,3)20-14(19)16(4)12(13(17)18)10-11-8-6-5-7-9-11;1-9-6(8)5-3-2-4-7-5/h5-9,12H,10H2,1-4H3,(H,17,18);5,7H,2-4H2,1H3/t;5-/m.0/s1. The van der Waals surface area contributed by atoms with Crippen LogP contribution in [0.4, 0.5) is 4.79 Å². The minimum atomic E-state index is -1.05. The number of likely N-dealkylation sites (N-methyl/N-ethyl adjacent to an activating group) is 1. The predicted molar refractivity (Wildman–Crippen MR) is 109 cm³/mol. The highest BCUT2D eigenvalue weighted by molar-refractivity contribution is 5.80. The highest BCUT2D eigenvalue weighted by Gasteiger charge is 2.30. The van der Waals surface area contributed by atoms with Crippen molar-refractivity contribution in [1.29, 1.82) is 0 Å². The van der Waals surface area contributed by atoms with E-state index in [4.69, 9.17) is 4.74 Å². The average Bonchev–Trinajstić information content (AvgIpc) is 3.19. The number of esters is 1. The number of rotatable bonds is 5. The molecule has 0 bridgehead atoms. The molecule has 1 saturated heterocycles. The van der Waals surface area contributed by atoms with Crippen LogP contribution in [-0.4, -0.2) is 66.4 Å². The molecule has 162 valence electrons. The van der Waals surface area contributed by atoms with Crippen molar-refractivity contribution in [2.75, 3.05) is 20.7 Å². The Morgan fingerprint density at radius 3 is 2.31 bits per heavy atom. The number of benzene rings is 1. The molecular formula is C21H32N2O6. The third-order valence-electron chi connectivity index (χ3n) is 4.25. The maximum atomic E-state index is 11.9. The summed E-state index contributed by atoms with van der Waals surface area (Å²) >= 11 is 0. The number of ether oxygens (including phenoxy) is 2. The van der Waals surface area contributed by atoms with Crippen LogP contribution in [0.15, 0.2) is 30.3 Å². The van der Waals surface area contributed by atoms with Gasteiger partial charge < -0.3 is 19.9 Å². The molecule has 1 aromatic rings. The normalized spacial score (nSPS) is 16.8. The Bertz CT molecular complexity index is 665. The van der Waals surface area contributed by atoms with Crippen molar-refractivity contribution >= 4 is 18.0 Å². The van der Waals surface area contributed by atoms with Crippen LogP contribution in [0.1, 0.15) is 39.2 Å². The number of carbonyl (C=O) groups is 3. The third kappa shape index (κ3) is 8.95. The first kappa shape index (κ1) is 24.4. The van der Waals surface area contributed by atoms with Gasteiger partial charge in [0, 0.05) is 13.5 Å². The van der Waals surface area contributed by atoms with Gasteiger partial charge in [0.25, 0.3) is 0 Å². The highest BCUT2D eigenvalue weighted by Crippen LogP contribution is 2.14. The van der Waals surface area contributed by atoms with Gasteiger partial charge in [-0.15, -0.1) is 0 Å². The van der Waals surface area contributed by atoms with Crippen molar-refractivity contribution in [3.63, 3.8) is 0 Å². The molecule has 0 radical (unpaired) electrons. The molecule has 1 aliphatic heterocycles. The zero-order chi connectivity index (χ0) is 22.0. The van der Waals surface area contributed by atoms with Crippen LogP contribution in [-0.2, 0) is 25.5 Å². The molecule has 2 rings (SSSR count). The summed E-state index contributed by atoms with van der Waals surface area (Å²) < 4.78 is 9.72. The molecule has 1 amide bonds. The predicted octanol–water partition coefficient (Wildman–Crippen LogP) is 2.46. The second-order valence-corrected chi connectivity index (χ2v) is 7.81. The topological polar surface area (TPSA) is 105 Å². The molecule has 0 saturated carbocycles. The number of amides is 1. The van der Waals surface area contributed by atoms with Crippen LogP contribution < -0.4 is 5.32 Å². The lowest BCUT2D eigenvalue weighted by molar-refractivity contribution is -0.143. The summed E-state index contributed by atoms with van der Waals surface area (Å²) in [6.45, 7) is 6.17. The van der Waals surface area contributed by atoms with Crippen molar-refractivity contribution < 1.29 is 29.0 Å². The van der Waals surface area contributed by atoms with Gasteiger partial charge in [-0.05, 0) is 45.7 Å². The number of nitrogens with zero attached hydrogens (tertiary/aromatic N) is 1. The lowest BCUT2D eigenvalue weighted by Gasteiger charge is -2.28. The third-order valence-corrected chi connectivity index (χ3v) is 4.25. The Morgan fingerprint density at radius 2 is 1.86 bits per heavy atom. The SMILES string of the molecule is CN(C(=O)OC(C)(C)C)C(Cc1ccccc1)C(=O)O.COC(=O)[C@@H]1CCCN1. The fourth-order valence-corrected chi connectivity index (χ4v) is 2.72. The van der Waals surface area contributed by atoms with Gasteiger partial charge in [0.1, 0.15) is 17.7 Å². The van der Waals surface area contributed by atoms with Crippen LogP contribution in [0, 0.1) is 0 Å². The summed E-state index contributed by atoms with van der Waals surface area (Å²) in [5, 5.41) is 12.3. The van der Waals surface area contributed by atoms with Gasteiger partial charge in [-0.2, -0.15) is 0 Å². The zero-order valence-corrected chi connectivity index (χ0v) is 17.8. The first-order valence-corrected chi connectivity index (χ1v) is 9.59. The maximum Gasteiger partial charge on any atom is 0.410 e. The van der Waals surface area contributed by atoms with E-state index < -0.39 is 23.7 Å². The van der Waals surface area contributed by atoms with Crippen molar-refractivity contribution in [2.45, 2.75) is 57.7 Å². The summed E-state index contributed by atoms with van der Waals surface area (Å²) in [6.07, 6.45) is 1.61. The van der Waals surface area contributed by atoms with Crippen molar-refractivity contribution in [2.24, 2.45) is 0 Å². The second-order valence-electron chi connectivity index (χ2n) is 7.81. The van der Waals surface area contributed by atoms with E-state index in [0.29, 0.717) is 0 Å². The fraction of sp³-hybridized carbons (Fsp3) is 0.571. The zero-order valence-electron chi connectivity index (χ0n) is 17.8. The number of carboxylic acid groups (broad SMARTS) is 1. The molecule has 2 atom stereocenters. The van der Waals surface area contributed by atoms with Crippen LogP contribution in [0.5, 0.6) is 0 Å². The van der Waals surface area contributed by atoms with Gasteiger partial charge in [0.15, 0.2) is 0 Å². The number of aliphatic carboxylic acids is 1. The van der Waals surface area contributed by atoms with Gasteiger partial charge in [-0.25, -0.2) is 9.59 Å². The summed E-state index contributed by atoms with van der Waals surface area (Å²) in [6, 6.07) is 8.21. The molecule has 0 aliphatic carbocycles. The van der Waals surface area contributed by atoms with E-state index in [9.17, 15) is 19.5 Å². The molecule has 8 heteroatoms. The molecule has 1 aromatic carbocycles. The maximum absolute atomic E-state index is 11.9. The van der Waals surface area contributed by atoms with E-state index in [-0.39, 0.29) is 18.4 Å². The van der Waals surface area contributed by atoms with Crippen LogP contribution in [0.25, 0.3) is 0 Å². The van der Waals surface area contributed by atoms with Gasteiger partial charge in [0.2, 0.25) is 0 Å². The minimum Gasteiger partial charge on any atom is -0.480 e. The van der Waals surface area contributed by atoms with E-state index >= 15 is 0 Å². The molecule has 1 unspecified atom stereocenters. The van der Waals surface area contributed by atoms with Crippen molar-refractivity contribution in [3.8, 4) is 0 Å². The second kappa shape index (κ2) is 11.4. The van der Waals surface area contributed by atoms with E-state index in [0.717, 1.165) is 29.8 Å². The van der Waals surface area contributed by atoms with Gasteiger partial charge in [0.05, 0.1) is 7.11 Å². The number of methoxy groups -OCH3 is 1. The van der Waals surface area contributed by atoms with E-state index in [1.807, 2.05) is 30.3 Å². The molecule has 29 heavy (non-hydrogen) atoms. The number of carboxylic acids is 1. The minimum absolute atomic E-state index is 0.0324. The van der Waals surface area contributed by atoms with Crippen LogP contribution in [0.3, 0.4) is 0 Å². The van der Waals surface area contributed by atoms with E-state index in [1.165, 1.54) is 14.2 Å². The molecule has 2 N–H and O–H groups in total. The Kier molecular flexibility index (Phi) is 9.61. The molecular weight excluding hydrogens is 376 g/mol. The Balaban J connectivity index is 0.000000387. The number of hydrogen-bond acceptors (Lipinski definition) is 6. The summed E-state index contributed by atoms with van der Waals surface area (Å²) in [4.78, 5) is 35.2. The Labute approximate surface area is 172 Å². The number of hydrogen-bond donors (Lipinski definition) is 2. The molecule has 0 spiro atoms. The smallest absolute Gasteiger partial charge is 0.410 e. The van der Waals surface area contributed by atoms with Gasteiger partial charge in [-0.3, -0.25) is 9.69 Å². The number of nitrogens with one attached hydrogen (secondary N) is 1. The van der Waals surface area contributed by atoms with Crippen LogP contribution in [0.2, 0.25) is 0 Å². The Morgan fingerprint density at radius 1 is 1.24 bits per heavy atom. The van der Waals surface area contributed by atoms with E-state index in [1.54, 1.807) is 20.8 Å². The van der Waals surface area contributed by atoms with E-state index in [2.05, 4.69) is 10.1 Å². The average molecular weight is 408 g/mol. The largest absolute Gasteiger partial charge is 0.480 e. The lowest BCUT2D eigenvalue weighted by atomic mass is 10.1. The van der Waals surface area contributed by atoms with Gasteiger partial charge >= 0.3 is 18.0 Å². The quantitative estimate of drug-likeness (QED) is 0.721. The molecule has 1 fully saturated rings. The first-order chi connectivity index (χ1) is 13.5. The molecule has 0 aromatic heterocycles. The highest BCUT2D eigenvalue weighted by atomic mass is 16.6. The van der Waals surface area contributed by atoms with Gasteiger partial charge in [-0.1, -0.05) is 30.3 Å². The van der Waals surface area contributed by atoms with Crippen molar-refractivity contribution in [3.05, 3.63) is 35.9 Å².